The van der Waals surface area contributed by atoms with E-state index in [1.807, 2.05) is 0 Å². The highest BCUT2D eigenvalue weighted by Gasteiger charge is 2.44. The highest BCUT2D eigenvalue weighted by Crippen LogP contribution is 2.33. The molecule has 0 bridgehead atoms. The summed E-state index contributed by atoms with van der Waals surface area (Å²) in [7, 11) is 3.37. The summed E-state index contributed by atoms with van der Waals surface area (Å²) in [4.78, 5) is 2.25. The van der Waals surface area contributed by atoms with Crippen LogP contribution < -0.4 is 10.6 Å². The molecule has 1 aliphatic rings. The number of anilines is 1. The topological polar surface area (TPSA) is 47.7 Å². The van der Waals surface area contributed by atoms with Gasteiger partial charge in [-0.15, -0.1) is 0 Å². The maximum absolute atomic E-state index is 5.67. The van der Waals surface area contributed by atoms with Crippen molar-refractivity contribution in [3.8, 4) is 0 Å². The molecule has 17 heavy (non-hydrogen) atoms. The van der Waals surface area contributed by atoms with Gasteiger partial charge in [0.15, 0.2) is 0 Å². The van der Waals surface area contributed by atoms with Crippen molar-refractivity contribution < 1.29 is 9.47 Å². The molecule has 2 N–H and O–H groups in total. The predicted molar refractivity (Wildman–Crippen MR) is 68.0 cm³/mol. The van der Waals surface area contributed by atoms with Crippen LogP contribution in [0.15, 0.2) is 18.2 Å². The van der Waals surface area contributed by atoms with Crippen LogP contribution in [0.3, 0.4) is 0 Å². The number of methoxy groups -OCH3 is 2. The van der Waals surface area contributed by atoms with Gasteiger partial charge in [0.05, 0.1) is 13.1 Å². The third-order valence-corrected chi connectivity index (χ3v) is 3.46. The van der Waals surface area contributed by atoms with Crippen molar-refractivity contribution in [2.45, 2.75) is 19.3 Å². The normalized spacial score (nSPS) is 18.0. The van der Waals surface area contributed by atoms with Gasteiger partial charge >= 0.3 is 0 Å². The minimum atomic E-state index is -0.439. The predicted octanol–water partition coefficient (Wildman–Crippen LogP) is 1.26. The summed E-state index contributed by atoms with van der Waals surface area (Å²) in [5.41, 5.74) is 9.29. The number of hydrogen-bond donors (Lipinski definition) is 1. The lowest BCUT2D eigenvalue weighted by Crippen LogP contribution is -2.64. The number of benzene rings is 1. The first-order valence-corrected chi connectivity index (χ1v) is 5.79. The fourth-order valence-electron chi connectivity index (χ4n) is 2.17. The molecule has 1 aromatic rings. The van der Waals surface area contributed by atoms with Crippen molar-refractivity contribution in [1.29, 1.82) is 0 Å². The maximum atomic E-state index is 5.67. The molecular formula is C13H20N2O2. The number of hydrogen-bond acceptors (Lipinski definition) is 4. The van der Waals surface area contributed by atoms with E-state index in [9.17, 15) is 0 Å². The summed E-state index contributed by atoms with van der Waals surface area (Å²) in [6.07, 6.45) is 0. The molecule has 4 nitrogen and oxygen atoms in total. The molecule has 2 rings (SSSR count). The largest absolute Gasteiger partial charge is 0.360 e. The molecule has 1 aliphatic heterocycles. The Bertz CT molecular complexity index is 394. The van der Waals surface area contributed by atoms with Gasteiger partial charge in [0.1, 0.15) is 0 Å². The molecule has 0 radical (unpaired) electrons. The van der Waals surface area contributed by atoms with E-state index in [4.69, 9.17) is 15.2 Å². The molecule has 1 aromatic carbocycles. The van der Waals surface area contributed by atoms with Crippen molar-refractivity contribution in [2.75, 3.05) is 32.2 Å². The molecule has 0 unspecified atom stereocenters. The lowest BCUT2D eigenvalue weighted by molar-refractivity contribution is -0.219. The smallest absolute Gasteiger partial charge is 0.203 e. The molecule has 0 aliphatic carbocycles. The van der Waals surface area contributed by atoms with Crippen LogP contribution in [-0.2, 0) is 16.0 Å². The van der Waals surface area contributed by atoms with Crippen LogP contribution in [0.25, 0.3) is 0 Å². The highest BCUT2D eigenvalue weighted by molar-refractivity contribution is 5.57. The lowest BCUT2D eigenvalue weighted by atomic mass is 10.0. The van der Waals surface area contributed by atoms with Gasteiger partial charge < -0.3 is 20.1 Å². The molecule has 1 fully saturated rings. The van der Waals surface area contributed by atoms with Gasteiger partial charge in [-0.3, -0.25) is 0 Å². The van der Waals surface area contributed by atoms with Crippen molar-refractivity contribution in [3.63, 3.8) is 0 Å². The second-order valence-corrected chi connectivity index (χ2v) is 4.50. The molecule has 0 amide bonds. The average molecular weight is 236 g/mol. The average Bonchev–Trinajstić information content (AvgIpc) is 2.31. The maximum Gasteiger partial charge on any atom is 0.203 e. The molecule has 0 atom stereocenters. The highest BCUT2D eigenvalue weighted by atomic mass is 16.7. The fourth-order valence-corrected chi connectivity index (χ4v) is 2.17. The summed E-state index contributed by atoms with van der Waals surface area (Å²) in [6.45, 7) is 4.19. The van der Waals surface area contributed by atoms with Gasteiger partial charge in [0, 0.05) is 26.5 Å². The summed E-state index contributed by atoms with van der Waals surface area (Å²) in [6, 6.07) is 6.32. The van der Waals surface area contributed by atoms with Crippen LogP contribution in [0.5, 0.6) is 0 Å². The fraction of sp³-hybridized carbons (Fsp3) is 0.538. The summed E-state index contributed by atoms with van der Waals surface area (Å²) >= 11 is 0. The van der Waals surface area contributed by atoms with Gasteiger partial charge in [-0.2, -0.15) is 0 Å². The van der Waals surface area contributed by atoms with E-state index < -0.39 is 5.79 Å². The first kappa shape index (κ1) is 12.4. The molecular weight excluding hydrogens is 216 g/mol. The van der Waals surface area contributed by atoms with E-state index in [1.54, 1.807) is 14.2 Å². The van der Waals surface area contributed by atoms with Gasteiger partial charge in [0.2, 0.25) is 5.79 Å². The van der Waals surface area contributed by atoms with Crippen LogP contribution in [-0.4, -0.2) is 33.1 Å². The minimum absolute atomic E-state index is 0.439. The number of rotatable bonds is 4. The van der Waals surface area contributed by atoms with E-state index >= 15 is 0 Å². The zero-order valence-corrected chi connectivity index (χ0v) is 10.7. The molecule has 94 valence electrons. The molecule has 1 heterocycles. The van der Waals surface area contributed by atoms with E-state index in [1.165, 1.54) is 11.3 Å². The monoisotopic (exact) mass is 236 g/mol. The van der Waals surface area contributed by atoms with E-state index in [-0.39, 0.29) is 0 Å². The summed E-state index contributed by atoms with van der Waals surface area (Å²) < 4.78 is 10.8. The third kappa shape index (κ3) is 2.16. The van der Waals surface area contributed by atoms with Crippen LogP contribution in [0, 0.1) is 6.92 Å². The zero-order valence-electron chi connectivity index (χ0n) is 10.7. The van der Waals surface area contributed by atoms with Crippen LogP contribution in [0.2, 0.25) is 0 Å². The number of ether oxygens (including phenoxy) is 2. The molecule has 0 spiro atoms. The second kappa shape index (κ2) is 4.64. The van der Waals surface area contributed by atoms with Crippen molar-refractivity contribution in [1.82, 2.24) is 0 Å². The number of nitrogens with two attached hydrogens (primary N) is 1. The Labute approximate surface area is 102 Å². The van der Waals surface area contributed by atoms with Crippen LogP contribution in [0.1, 0.15) is 11.1 Å². The van der Waals surface area contributed by atoms with Crippen molar-refractivity contribution in [2.24, 2.45) is 5.73 Å². The molecule has 1 saturated heterocycles. The van der Waals surface area contributed by atoms with Crippen molar-refractivity contribution in [3.05, 3.63) is 29.3 Å². The Morgan fingerprint density at radius 1 is 1.29 bits per heavy atom. The van der Waals surface area contributed by atoms with Crippen LogP contribution in [0.4, 0.5) is 5.69 Å². The van der Waals surface area contributed by atoms with Crippen molar-refractivity contribution >= 4 is 5.69 Å². The minimum Gasteiger partial charge on any atom is -0.360 e. The van der Waals surface area contributed by atoms with Gasteiger partial charge in [-0.1, -0.05) is 12.1 Å². The SMILES string of the molecule is COC1(OC)CN(c2cc(CN)ccc2C)C1. The van der Waals surface area contributed by atoms with E-state index in [0.29, 0.717) is 6.54 Å². The Balaban J connectivity index is 2.15. The Morgan fingerprint density at radius 2 is 1.94 bits per heavy atom. The Kier molecular flexibility index (Phi) is 3.38. The number of aryl methyl sites for hydroxylation is 1. The Hall–Kier alpha value is -1.10. The third-order valence-electron chi connectivity index (χ3n) is 3.46. The van der Waals surface area contributed by atoms with Crippen LogP contribution >= 0.6 is 0 Å². The van der Waals surface area contributed by atoms with E-state index in [0.717, 1.165) is 18.7 Å². The first-order valence-electron chi connectivity index (χ1n) is 5.79. The zero-order chi connectivity index (χ0) is 12.5. The first-order chi connectivity index (χ1) is 8.14. The Morgan fingerprint density at radius 3 is 2.47 bits per heavy atom. The molecule has 0 saturated carbocycles. The summed E-state index contributed by atoms with van der Waals surface area (Å²) in [5.74, 6) is -0.439. The number of nitrogens with zero attached hydrogens (tertiary/aromatic N) is 1. The standard InChI is InChI=1S/C13H20N2O2/c1-10-4-5-11(7-14)6-12(10)15-8-13(9-15,16-2)17-3/h4-6H,7-9,14H2,1-3H3. The van der Waals surface area contributed by atoms with Gasteiger partial charge in [-0.25, -0.2) is 0 Å². The quantitative estimate of drug-likeness (QED) is 0.800. The molecule has 0 aromatic heterocycles. The van der Waals surface area contributed by atoms with E-state index in [2.05, 4.69) is 30.0 Å². The lowest BCUT2D eigenvalue weighted by Gasteiger charge is -2.49. The van der Waals surface area contributed by atoms with Gasteiger partial charge in [-0.05, 0) is 24.1 Å². The summed E-state index contributed by atoms with van der Waals surface area (Å²) in [5, 5.41) is 0. The molecule has 4 heteroatoms. The second-order valence-electron chi connectivity index (χ2n) is 4.50. The van der Waals surface area contributed by atoms with Gasteiger partial charge in [0.25, 0.3) is 0 Å².